The van der Waals surface area contributed by atoms with Crippen molar-refractivity contribution >= 4 is 27.6 Å². The van der Waals surface area contributed by atoms with Crippen molar-refractivity contribution in [3.8, 4) is 0 Å². The van der Waals surface area contributed by atoms with E-state index in [0.717, 1.165) is 11.8 Å². The molecule has 0 radical (unpaired) electrons. The van der Waals surface area contributed by atoms with Crippen LogP contribution in [0.5, 0.6) is 0 Å². The number of anilines is 1. The minimum atomic E-state index is -3.21. The van der Waals surface area contributed by atoms with Gasteiger partial charge in [-0.25, -0.2) is 17.9 Å². The predicted molar refractivity (Wildman–Crippen MR) is 102 cm³/mol. The molecule has 1 aromatic carbocycles. The molecular formula is C17H26N4O5S. The maximum absolute atomic E-state index is 12.2. The zero-order valence-electron chi connectivity index (χ0n) is 15.4. The summed E-state index contributed by atoms with van der Waals surface area (Å²) < 4.78 is 29.4. The molecule has 3 N–H and O–H groups in total. The maximum Gasteiger partial charge on any atom is 0.319 e. The number of rotatable bonds is 8. The highest BCUT2D eigenvalue weighted by atomic mass is 32.2. The number of morpholine rings is 1. The molecule has 1 heterocycles. The highest BCUT2D eigenvalue weighted by Crippen LogP contribution is 2.11. The number of ether oxygens (including phenoxy) is 1. The van der Waals surface area contributed by atoms with E-state index in [9.17, 15) is 18.0 Å². The SMILES string of the molecule is CS(=O)(=O)NCCCNC(=O)Nc1ccc(CC(=O)N2CCOCC2)cc1. The Bertz CT molecular complexity index is 730. The largest absolute Gasteiger partial charge is 0.378 e. The number of hydrogen-bond acceptors (Lipinski definition) is 5. The standard InChI is InChI=1S/C17H26N4O5S/c1-27(24,25)19-8-2-7-18-17(23)20-15-5-3-14(4-6-15)13-16(22)21-9-11-26-12-10-21/h3-6,19H,2,7-13H2,1H3,(H2,18,20,23). The van der Waals surface area contributed by atoms with E-state index >= 15 is 0 Å². The first kappa shape index (κ1) is 21.1. The zero-order chi connectivity index (χ0) is 19.7. The minimum Gasteiger partial charge on any atom is -0.378 e. The van der Waals surface area contributed by atoms with Gasteiger partial charge in [-0.3, -0.25) is 4.79 Å². The van der Waals surface area contributed by atoms with E-state index in [1.807, 2.05) is 12.1 Å². The van der Waals surface area contributed by atoms with Gasteiger partial charge in [0.05, 0.1) is 25.9 Å². The molecule has 0 aliphatic carbocycles. The van der Waals surface area contributed by atoms with Gasteiger partial charge >= 0.3 is 6.03 Å². The van der Waals surface area contributed by atoms with Gasteiger partial charge in [-0.2, -0.15) is 0 Å². The lowest BCUT2D eigenvalue weighted by Gasteiger charge is -2.26. The van der Waals surface area contributed by atoms with E-state index < -0.39 is 10.0 Å². The molecule has 0 aromatic heterocycles. The number of urea groups is 1. The van der Waals surface area contributed by atoms with Gasteiger partial charge in [0.1, 0.15) is 0 Å². The van der Waals surface area contributed by atoms with Crippen LogP contribution in [0, 0.1) is 0 Å². The van der Waals surface area contributed by atoms with Crippen molar-refractivity contribution in [2.45, 2.75) is 12.8 Å². The summed E-state index contributed by atoms with van der Waals surface area (Å²) in [7, 11) is -3.21. The lowest BCUT2D eigenvalue weighted by atomic mass is 10.1. The van der Waals surface area contributed by atoms with Crippen LogP contribution in [-0.2, 0) is 26.0 Å². The van der Waals surface area contributed by atoms with E-state index in [2.05, 4.69) is 15.4 Å². The first-order valence-corrected chi connectivity index (χ1v) is 10.7. The maximum atomic E-state index is 12.2. The Labute approximate surface area is 159 Å². The number of amides is 3. The molecule has 1 fully saturated rings. The Morgan fingerprint density at radius 3 is 2.41 bits per heavy atom. The number of carbonyl (C=O) groups excluding carboxylic acids is 2. The molecule has 1 saturated heterocycles. The normalized spacial score (nSPS) is 14.6. The van der Waals surface area contributed by atoms with Crippen LogP contribution in [0.2, 0.25) is 0 Å². The summed E-state index contributed by atoms with van der Waals surface area (Å²) in [5.74, 6) is 0.0689. The second-order valence-corrected chi connectivity index (χ2v) is 8.10. The topological polar surface area (TPSA) is 117 Å². The van der Waals surface area contributed by atoms with Crippen molar-refractivity contribution < 1.29 is 22.7 Å². The van der Waals surface area contributed by atoms with Crippen LogP contribution in [0.1, 0.15) is 12.0 Å². The summed E-state index contributed by atoms with van der Waals surface area (Å²) in [6.07, 6.45) is 1.90. The highest BCUT2D eigenvalue weighted by Gasteiger charge is 2.16. The van der Waals surface area contributed by atoms with Crippen LogP contribution in [-0.4, -0.2) is 70.9 Å². The summed E-state index contributed by atoms with van der Waals surface area (Å²) in [6, 6.07) is 6.74. The summed E-state index contributed by atoms with van der Waals surface area (Å²) in [5.41, 5.74) is 1.49. The van der Waals surface area contributed by atoms with E-state index in [0.29, 0.717) is 51.4 Å². The lowest BCUT2D eigenvalue weighted by molar-refractivity contribution is -0.134. The molecule has 0 atom stereocenters. The number of nitrogens with zero attached hydrogens (tertiary/aromatic N) is 1. The van der Waals surface area contributed by atoms with Crippen molar-refractivity contribution in [2.75, 3.05) is 51.0 Å². The Balaban J connectivity index is 1.69. The third-order valence-corrected chi connectivity index (χ3v) is 4.66. The second-order valence-electron chi connectivity index (χ2n) is 6.27. The molecule has 1 aliphatic rings. The van der Waals surface area contributed by atoms with Crippen molar-refractivity contribution in [3.05, 3.63) is 29.8 Å². The van der Waals surface area contributed by atoms with Gasteiger partial charge in [0.15, 0.2) is 0 Å². The quantitative estimate of drug-likeness (QED) is 0.539. The van der Waals surface area contributed by atoms with Gasteiger partial charge in [0.25, 0.3) is 0 Å². The van der Waals surface area contributed by atoms with Crippen molar-refractivity contribution in [2.24, 2.45) is 0 Å². The second kappa shape index (κ2) is 10.2. The number of carbonyl (C=O) groups is 2. The third-order valence-electron chi connectivity index (χ3n) is 3.93. The molecule has 0 saturated carbocycles. The molecule has 150 valence electrons. The fourth-order valence-electron chi connectivity index (χ4n) is 2.53. The Kier molecular flexibility index (Phi) is 8.01. The van der Waals surface area contributed by atoms with Gasteiger partial charge < -0.3 is 20.3 Å². The van der Waals surface area contributed by atoms with Crippen LogP contribution < -0.4 is 15.4 Å². The number of nitrogens with one attached hydrogen (secondary N) is 3. The molecule has 0 bridgehead atoms. The average molecular weight is 398 g/mol. The Morgan fingerprint density at radius 1 is 1.11 bits per heavy atom. The van der Waals surface area contributed by atoms with Crippen molar-refractivity contribution in [1.82, 2.24) is 14.9 Å². The average Bonchev–Trinajstić information content (AvgIpc) is 2.63. The molecule has 3 amide bonds. The lowest BCUT2D eigenvalue weighted by Crippen LogP contribution is -2.41. The molecule has 0 unspecified atom stereocenters. The van der Waals surface area contributed by atoms with Gasteiger partial charge in [-0.15, -0.1) is 0 Å². The van der Waals surface area contributed by atoms with Crippen molar-refractivity contribution in [3.63, 3.8) is 0 Å². The number of hydrogen-bond donors (Lipinski definition) is 3. The molecule has 27 heavy (non-hydrogen) atoms. The van der Waals surface area contributed by atoms with E-state index in [1.54, 1.807) is 17.0 Å². The smallest absolute Gasteiger partial charge is 0.319 e. The number of sulfonamides is 1. The Hall–Kier alpha value is -2.17. The third kappa shape index (κ3) is 8.37. The first-order chi connectivity index (χ1) is 12.8. The summed E-state index contributed by atoms with van der Waals surface area (Å²) in [5, 5.41) is 5.34. The molecule has 10 heteroatoms. The van der Waals surface area contributed by atoms with Gasteiger partial charge in [-0.05, 0) is 24.1 Å². The molecule has 2 rings (SSSR count). The van der Waals surface area contributed by atoms with Crippen LogP contribution in [0.3, 0.4) is 0 Å². The molecule has 0 spiro atoms. The number of benzene rings is 1. The molecular weight excluding hydrogens is 372 g/mol. The van der Waals surface area contributed by atoms with Crippen LogP contribution in [0.4, 0.5) is 10.5 Å². The fraction of sp³-hybridized carbons (Fsp3) is 0.529. The van der Waals surface area contributed by atoms with Gasteiger partial charge in [-0.1, -0.05) is 12.1 Å². The van der Waals surface area contributed by atoms with Gasteiger partial charge in [0, 0.05) is 31.9 Å². The summed E-state index contributed by atoms with van der Waals surface area (Å²) in [4.78, 5) is 25.8. The first-order valence-electron chi connectivity index (χ1n) is 8.77. The monoisotopic (exact) mass is 398 g/mol. The van der Waals surface area contributed by atoms with E-state index in [-0.39, 0.29) is 18.5 Å². The van der Waals surface area contributed by atoms with Crippen LogP contribution in [0.15, 0.2) is 24.3 Å². The fourth-order valence-corrected chi connectivity index (χ4v) is 3.04. The van der Waals surface area contributed by atoms with Crippen LogP contribution >= 0.6 is 0 Å². The Morgan fingerprint density at radius 2 is 1.78 bits per heavy atom. The van der Waals surface area contributed by atoms with Gasteiger partial charge in [0.2, 0.25) is 15.9 Å². The molecule has 9 nitrogen and oxygen atoms in total. The predicted octanol–water partition coefficient (Wildman–Crippen LogP) is 0.149. The minimum absolute atomic E-state index is 0.0689. The van der Waals surface area contributed by atoms with Crippen molar-refractivity contribution in [1.29, 1.82) is 0 Å². The molecule has 1 aromatic rings. The summed E-state index contributed by atoms with van der Waals surface area (Å²) in [6.45, 7) is 3.02. The van der Waals surface area contributed by atoms with E-state index in [1.165, 1.54) is 0 Å². The summed E-state index contributed by atoms with van der Waals surface area (Å²) >= 11 is 0. The van der Waals surface area contributed by atoms with Crippen LogP contribution in [0.25, 0.3) is 0 Å². The molecule has 1 aliphatic heterocycles. The highest BCUT2D eigenvalue weighted by molar-refractivity contribution is 7.88. The zero-order valence-corrected chi connectivity index (χ0v) is 16.2. The van der Waals surface area contributed by atoms with E-state index in [4.69, 9.17) is 4.74 Å².